The number of nitrogens with one attached hydrogen (secondary N) is 2. The van der Waals surface area contributed by atoms with Crippen LogP contribution in [0.5, 0.6) is 0 Å². The molecule has 2 rings (SSSR count). The zero-order chi connectivity index (χ0) is 15.3. The van der Waals surface area contributed by atoms with Crippen molar-refractivity contribution in [2.24, 2.45) is 0 Å². The van der Waals surface area contributed by atoms with E-state index in [1.54, 1.807) is 0 Å². The second-order valence-electron chi connectivity index (χ2n) is 5.10. The van der Waals surface area contributed by atoms with Crippen LogP contribution in [0, 0.1) is 0 Å². The molecule has 1 heterocycles. The third-order valence-electron chi connectivity index (χ3n) is 3.49. The third kappa shape index (κ3) is 4.82. The molecular formula is C13H19F3N4O. The fraction of sp³-hybridized carbons (Fsp3) is 0.692. The fourth-order valence-electron chi connectivity index (χ4n) is 2.38. The zero-order valence-electron chi connectivity index (χ0n) is 11.5. The lowest BCUT2D eigenvalue weighted by atomic mass is 9.93. The highest BCUT2D eigenvalue weighted by Crippen LogP contribution is 2.27. The first kappa shape index (κ1) is 16.0. The molecule has 0 spiro atoms. The molecule has 0 unspecified atom stereocenters. The van der Waals surface area contributed by atoms with Crippen molar-refractivity contribution in [3.63, 3.8) is 0 Å². The van der Waals surface area contributed by atoms with Gasteiger partial charge in [0.15, 0.2) is 0 Å². The van der Waals surface area contributed by atoms with E-state index in [-0.39, 0.29) is 18.1 Å². The second kappa shape index (κ2) is 7.04. The Balaban J connectivity index is 1.76. The summed E-state index contributed by atoms with van der Waals surface area (Å²) in [5.41, 5.74) is -0.962. The van der Waals surface area contributed by atoms with Crippen molar-refractivity contribution < 1.29 is 18.3 Å². The van der Waals surface area contributed by atoms with Gasteiger partial charge in [-0.25, -0.2) is 9.97 Å². The summed E-state index contributed by atoms with van der Waals surface area (Å²) in [6.07, 6.45) is 0.0985. The van der Waals surface area contributed by atoms with Crippen molar-refractivity contribution in [3.8, 4) is 0 Å². The Hall–Kier alpha value is -1.41. The predicted octanol–water partition coefficient (Wildman–Crippen LogP) is 1.80. The van der Waals surface area contributed by atoms with E-state index in [2.05, 4.69) is 20.6 Å². The lowest BCUT2D eigenvalue weighted by molar-refractivity contribution is -0.141. The second-order valence-corrected chi connectivity index (χ2v) is 5.10. The molecule has 3 N–H and O–H groups in total. The van der Waals surface area contributed by atoms with Gasteiger partial charge in [0.05, 0.1) is 6.10 Å². The number of rotatable bonds is 5. The zero-order valence-corrected chi connectivity index (χ0v) is 11.5. The first-order chi connectivity index (χ1) is 9.97. The van der Waals surface area contributed by atoms with E-state index in [1.165, 1.54) is 0 Å². The first-order valence-electron chi connectivity index (χ1n) is 7.02. The molecule has 5 nitrogen and oxygen atoms in total. The van der Waals surface area contributed by atoms with Crippen LogP contribution in [0.3, 0.4) is 0 Å². The first-order valence-corrected chi connectivity index (χ1v) is 7.02. The SMILES string of the molecule is O[C@@H]1CCCC[C@@H]1NCCNc1nccc(C(F)(F)F)n1. The van der Waals surface area contributed by atoms with Crippen LogP contribution in [-0.4, -0.2) is 40.3 Å². The van der Waals surface area contributed by atoms with Gasteiger partial charge in [-0.15, -0.1) is 0 Å². The number of aliphatic hydroxyl groups is 1. The Morgan fingerprint density at radius 2 is 2.00 bits per heavy atom. The third-order valence-corrected chi connectivity index (χ3v) is 3.49. The largest absolute Gasteiger partial charge is 0.433 e. The van der Waals surface area contributed by atoms with E-state index in [0.717, 1.165) is 37.9 Å². The van der Waals surface area contributed by atoms with Gasteiger partial charge in [0.1, 0.15) is 5.69 Å². The lowest BCUT2D eigenvalue weighted by Crippen LogP contribution is -2.43. The number of nitrogens with zero attached hydrogens (tertiary/aromatic N) is 2. The fourth-order valence-corrected chi connectivity index (χ4v) is 2.38. The lowest BCUT2D eigenvalue weighted by Gasteiger charge is -2.28. The molecule has 21 heavy (non-hydrogen) atoms. The van der Waals surface area contributed by atoms with Gasteiger partial charge in [0, 0.05) is 25.3 Å². The summed E-state index contributed by atoms with van der Waals surface area (Å²) in [4.78, 5) is 7.17. The smallest absolute Gasteiger partial charge is 0.392 e. The monoisotopic (exact) mass is 304 g/mol. The molecule has 118 valence electrons. The number of hydrogen-bond donors (Lipinski definition) is 3. The summed E-state index contributed by atoms with van der Waals surface area (Å²) in [5.74, 6) is -0.0455. The molecule has 0 aliphatic heterocycles. The minimum Gasteiger partial charge on any atom is -0.392 e. The number of hydrogen-bond acceptors (Lipinski definition) is 5. The highest BCUT2D eigenvalue weighted by Gasteiger charge is 2.32. The summed E-state index contributed by atoms with van der Waals surface area (Å²) in [5, 5.41) is 15.7. The molecule has 0 bridgehead atoms. The van der Waals surface area contributed by atoms with Crippen molar-refractivity contribution in [2.75, 3.05) is 18.4 Å². The van der Waals surface area contributed by atoms with E-state index in [1.807, 2.05) is 0 Å². The van der Waals surface area contributed by atoms with E-state index in [0.29, 0.717) is 13.1 Å². The summed E-state index contributed by atoms with van der Waals surface area (Å²) in [6.45, 7) is 0.922. The summed E-state index contributed by atoms with van der Waals surface area (Å²) >= 11 is 0. The van der Waals surface area contributed by atoms with E-state index in [9.17, 15) is 18.3 Å². The number of anilines is 1. The molecule has 0 saturated heterocycles. The minimum atomic E-state index is -4.47. The van der Waals surface area contributed by atoms with Gasteiger partial charge in [-0.05, 0) is 18.9 Å². The molecule has 0 amide bonds. The molecule has 1 aromatic heterocycles. The predicted molar refractivity (Wildman–Crippen MR) is 71.8 cm³/mol. The molecule has 1 fully saturated rings. The Labute approximate surface area is 121 Å². The Morgan fingerprint density at radius 1 is 1.24 bits per heavy atom. The highest BCUT2D eigenvalue weighted by atomic mass is 19.4. The summed E-state index contributed by atoms with van der Waals surface area (Å²) in [6, 6.07) is 0.893. The molecule has 8 heteroatoms. The van der Waals surface area contributed by atoms with Crippen molar-refractivity contribution in [1.29, 1.82) is 0 Å². The average Bonchev–Trinajstić information content (AvgIpc) is 2.45. The van der Waals surface area contributed by atoms with Crippen LogP contribution in [0.4, 0.5) is 19.1 Å². The molecular weight excluding hydrogens is 285 g/mol. The van der Waals surface area contributed by atoms with Crippen LogP contribution >= 0.6 is 0 Å². The van der Waals surface area contributed by atoms with Crippen LogP contribution in [0.15, 0.2) is 12.3 Å². The Bertz CT molecular complexity index is 455. The molecule has 1 aliphatic rings. The molecule has 1 saturated carbocycles. The number of aromatic nitrogens is 2. The maximum atomic E-state index is 12.5. The standard InChI is InChI=1S/C13H19F3N4O/c14-13(15,16)11-5-6-18-12(20-11)19-8-7-17-9-3-1-2-4-10(9)21/h5-6,9-10,17,21H,1-4,7-8H2,(H,18,19,20)/t9-,10+/m0/s1. The van der Waals surface area contributed by atoms with Gasteiger partial charge in [-0.3, -0.25) is 0 Å². The Morgan fingerprint density at radius 3 is 2.71 bits per heavy atom. The minimum absolute atomic E-state index is 0.0455. The molecule has 1 aliphatic carbocycles. The van der Waals surface area contributed by atoms with Crippen molar-refractivity contribution in [1.82, 2.24) is 15.3 Å². The van der Waals surface area contributed by atoms with Gasteiger partial charge in [-0.2, -0.15) is 13.2 Å². The van der Waals surface area contributed by atoms with E-state index < -0.39 is 11.9 Å². The number of halogens is 3. The highest BCUT2D eigenvalue weighted by molar-refractivity contribution is 5.25. The maximum Gasteiger partial charge on any atom is 0.433 e. The van der Waals surface area contributed by atoms with Crippen LogP contribution in [0.2, 0.25) is 0 Å². The topological polar surface area (TPSA) is 70.1 Å². The molecule has 0 radical (unpaired) electrons. The number of alkyl halides is 3. The quantitative estimate of drug-likeness (QED) is 0.724. The van der Waals surface area contributed by atoms with E-state index >= 15 is 0 Å². The molecule has 0 aromatic carbocycles. The van der Waals surface area contributed by atoms with Gasteiger partial charge in [0.25, 0.3) is 0 Å². The van der Waals surface area contributed by atoms with Crippen molar-refractivity contribution in [3.05, 3.63) is 18.0 Å². The van der Waals surface area contributed by atoms with Crippen LogP contribution in [0.25, 0.3) is 0 Å². The maximum absolute atomic E-state index is 12.5. The average molecular weight is 304 g/mol. The van der Waals surface area contributed by atoms with Gasteiger partial charge in [0.2, 0.25) is 5.95 Å². The Kier molecular flexibility index (Phi) is 5.35. The summed E-state index contributed by atoms with van der Waals surface area (Å²) < 4.78 is 37.5. The van der Waals surface area contributed by atoms with Crippen LogP contribution < -0.4 is 10.6 Å². The van der Waals surface area contributed by atoms with Crippen LogP contribution in [-0.2, 0) is 6.18 Å². The molecule has 1 aromatic rings. The number of aliphatic hydroxyl groups excluding tert-OH is 1. The van der Waals surface area contributed by atoms with Crippen molar-refractivity contribution >= 4 is 5.95 Å². The molecule has 2 atom stereocenters. The van der Waals surface area contributed by atoms with Crippen LogP contribution in [0.1, 0.15) is 31.4 Å². The normalized spacial score (nSPS) is 23.0. The van der Waals surface area contributed by atoms with Gasteiger partial charge >= 0.3 is 6.18 Å². The van der Waals surface area contributed by atoms with Gasteiger partial charge in [-0.1, -0.05) is 12.8 Å². The van der Waals surface area contributed by atoms with E-state index in [4.69, 9.17) is 0 Å². The van der Waals surface area contributed by atoms with Crippen molar-refractivity contribution in [2.45, 2.75) is 44.0 Å². The summed E-state index contributed by atoms with van der Waals surface area (Å²) in [7, 11) is 0. The van der Waals surface area contributed by atoms with Gasteiger partial charge < -0.3 is 15.7 Å².